The van der Waals surface area contributed by atoms with Gasteiger partial charge >= 0.3 is 0 Å². The number of hydrogen-bond donors (Lipinski definition) is 0. The van der Waals surface area contributed by atoms with Crippen molar-refractivity contribution in [3.8, 4) is 17.1 Å². The molecule has 48 heavy (non-hydrogen) atoms. The van der Waals surface area contributed by atoms with Crippen LogP contribution >= 0.6 is 0 Å². The number of nitrogens with zero attached hydrogens (tertiary/aromatic N) is 2. The van der Waals surface area contributed by atoms with E-state index >= 15 is 0 Å². The normalized spacial score (nSPS) is 13.0. The molecular formula is C45H44N2O. The molecule has 8 aromatic rings. The van der Waals surface area contributed by atoms with Crippen LogP contribution in [-0.2, 0) is 0 Å². The van der Waals surface area contributed by atoms with Crippen LogP contribution in [0.25, 0.3) is 71.6 Å². The van der Waals surface area contributed by atoms with Crippen LogP contribution < -0.4 is 0 Å². The third-order valence-electron chi connectivity index (χ3n) is 10.2. The van der Waals surface area contributed by atoms with Gasteiger partial charge in [-0.1, -0.05) is 122 Å². The Bertz CT molecular complexity index is 2550. The number of rotatable bonds is 6. The van der Waals surface area contributed by atoms with E-state index in [1.165, 1.54) is 38.5 Å². The highest BCUT2D eigenvalue weighted by Gasteiger charge is 2.27. The van der Waals surface area contributed by atoms with Crippen molar-refractivity contribution in [2.75, 3.05) is 0 Å². The Kier molecular flexibility index (Phi) is 6.93. The topological polar surface area (TPSA) is 31.0 Å². The quantitative estimate of drug-likeness (QED) is 0.171. The SMILES string of the molecule is [2H]C(C)(C)c1ccc(-c2nc3ccccc3n2-c2c(C(C)C)cc(C(C)C)cc2C(C)C)c2oc3cc4c(ccc5ccccc54)cc3c12. The van der Waals surface area contributed by atoms with Gasteiger partial charge in [0.25, 0.3) is 0 Å². The monoisotopic (exact) mass is 629 g/mol. The summed E-state index contributed by atoms with van der Waals surface area (Å²) in [6.07, 6.45) is 0. The van der Waals surface area contributed by atoms with Gasteiger partial charge in [0, 0.05) is 12.1 Å². The van der Waals surface area contributed by atoms with Gasteiger partial charge in [-0.2, -0.15) is 0 Å². The average molecular weight is 630 g/mol. The van der Waals surface area contributed by atoms with Gasteiger partial charge in [-0.25, -0.2) is 4.98 Å². The first kappa shape index (κ1) is 29.3. The van der Waals surface area contributed by atoms with Gasteiger partial charge in [0.15, 0.2) is 0 Å². The third-order valence-corrected chi connectivity index (χ3v) is 10.2. The maximum atomic E-state index is 9.22. The van der Waals surface area contributed by atoms with Gasteiger partial charge in [-0.15, -0.1) is 0 Å². The van der Waals surface area contributed by atoms with E-state index in [0.29, 0.717) is 17.8 Å². The lowest BCUT2D eigenvalue weighted by molar-refractivity contribution is 0.669. The number of benzene rings is 6. The molecule has 0 N–H and O–H groups in total. The van der Waals surface area contributed by atoms with Crippen molar-refractivity contribution in [1.29, 1.82) is 0 Å². The predicted molar refractivity (Wildman–Crippen MR) is 205 cm³/mol. The van der Waals surface area contributed by atoms with Crippen molar-refractivity contribution < 1.29 is 5.79 Å². The maximum Gasteiger partial charge on any atom is 0.149 e. The number of aromatic nitrogens is 2. The molecule has 0 radical (unpaired) electrons. The Labute approximate surface area is 284 Å². The van der Waals surface area contributed by atoms with E-state index in [0.717, 1.165) is 55.3 Å². The van der Waals surface area contributed by atoms with Gasteiger partial charge in [0.05, 0.1) is 22.3 Å². The van der Waals surface area contributed by atoms with Crippen molar-refractivity contribution in [3.63, 3.8) is 0 Å². The molecule has 3 nitrogen and oxygen atoms in total. The summed E-state index contributed by atoms with van der Waals surface area (Å²) in [6, 6.07) is 34.9. The highest BCUT2D eigenvalue weighted by Crippen LogP contribution is 2.45. The van der Waals surface area contributed by atoms with E-state index in [4.69, 9.17) is 9.40 Å². The first-order chi connectivity index (χ1) is 23.4. The predicted octanol–water partition coefficient (Wildman–Crippen LogP) is 13.4. The van der Waals surface area contributed by atoms with Gasteiger partial charge in [0.2, 0.25) is 0 Å². The molecule has 0 spiro atoms. The molecule has 0 fully saturated rings. The number of imidazole rings is 1. The number of para-hydroxylation sites is 2. The minimum absolute atomic E-state index is 0.306. The summed E-state index contributed by atoms with van der Waals surface area (Å²) in [7, 11) is 0. The molecule has 0 amide bonds. The van der Waals surface area contributed by atoms with Crippen molar-refractivity contribution in [1.82, 2.24) is 9.55 Å². The molecule has 0 bridgehead atoms. The first-order valence-electron chi connectivity index (χ1n) is 17.9. The molecule has 8 rings (SSSR count). The smallest absolute Gasteiger partial charge is 0.149 e. The molecule has 0 atom stereocenters. The molecule has 0 saturated carbocycles. The molecule has 3 heteroatoms. The molecule has 0 aliphatic rings. The molecule has 2 aromatic heterocycles. The van der Waals surface area contributed by atoms with E-state index < -0.39 is 5.89 Å². The molecule has 6 aromatic carbocycles. The summed E-state index contributed by atoms with van der Waals surface area (Å²) < 4.78 is 18.6. The fourth-order valence-corrected chi connectivity index (χ4v) is 7.58. The van der Waals surface area contributed by atoms with Crippen LogP contribution in [-0.4, -0.2) is 9.55 Å². The fourth-order valence-electron chi connectivity index (χ4n) is 7.58. The second kappa shape index (κ2) is 11.4. The molecule has 2 heterocycles. The lowest BCUT2D eigenvalue weighted by Gasteiger charge is -2.25. The van der Waals surface area contributed by atoms with Crippen molar-refractivity contribution >= 4 is 54.5 Å². The van der Waals surface area contributed by atoms with Crippen molar-refractivity contribution in [2.45, 2.75) is 79.0 Å². The zero-order valence-corrected chi connectivity index (χ0v) is 29.3. The van der Waals surface area contributed by atoms with Crippen LogP contribution in [0.5, 0.6) is 0 Å². The lowest BCUT2D eigenvalue weighted by atomic mass is 9.87. The summed E-state index contributed by atoms with van der Waals surface area (Å²) in [5, 5.41) is 6.76. The molecule has 0 unspecified atom stereocenters. The summed E-state index contributed by atoms with van der Waals surface area (Å²) in [4.78, 5) is 5.38. The zero-order valence-electron chi connectivity index (χ0n) is 30.3. The molecule has 0 aliphatic heterocycles. The third kappa shape index (κ3) is 4.66. The van der Waals surface area contributed by atoms with Gasteiger partial charge in [-0.3, -0.25) is 4.57 Å². The van der Waals surface area contributed by atoms with Crippen molar-refractivity contribution in [2.24, 2.45) is 0 Å². The highest BCUT2D eigenvalue weighted by atomic mass is 16.3. The van der Waals surface area contributed by atoms with Crippen LogP contribution in [0.2, 0.25) is 0 Å². The van der Waals surface area contributed by atoms with Gasteiger partial charge in [0.1, 0.15) is 17.0 Å². The standard InChI is InChI=1S/C45H44N2O/c1-25(2)31-22-35(27(5)6)43(36(23-31)28(7)8)47-40-16-12-11-15-39(40)46-45(47)34-20-19-32(26(3)4)42-38-21-30-18-17-29-13-9-10-14-33(29)37(30)24-41(38)48-44(34)42/h9-28H,1-8H3/i26D. The second-order valence-electron chi connectivity index (χ2n) is 14.6. The Morgan fingerprint density at radius 1 is 0.625 bits per heavy atom. The second-order valence-corrected chi connectivity index (χ2v) is 14.6. The van der Waals surface area contributed by atoms with E-state index in [2.05, 4.69) is 143 Å². The van der Waals surface area contributed by atoms with Crippen LogP contribution in [0.3, 0.4) is 0 Å². The molecular weight excluding hydrogens is 585 g/mol. The Balaban J connectivity index is 1.52. The number of fused-ring (bicyclic) bond motifs is 7. The summed E-state index contributed by atoms with van der Waals surface area (Å²) >= 11 is 0. The Morgan fingerprint density at radius 2 is 1.31 bits per heavy atom. The molecule has 0 aliphatic carbocycles. The van der Waals surface area contributed by atoms with Crippen LogP contribution in [0.15, 0.2) is 101 Å². The average Bonchev–Trinajstić information content (AvgIpc) is 3.64. The minimum atomic E-state index is -0.839. The Morgan fingerprint density at radius 3 is 2.02 bits per heavy atom. The fraction of sp³-hybridized carbons (Fsp3) is 0.267. The largest absolute Gasteiger partial charge is 0.455 e. The number of hydrogen-bond acceptors (Lipinski definition) is 2. The van der Waals surface area contributed by atoms with Gasteiger partial charge in [-0.05, 0) is 97.8 Å². The van der Waals surface area contributed by atoms with E-state index in [1.807, 2.05) is 13.8 Å². The summed E-state index contributed by atoms with van der Waals surface area (Å²) in [6.45, 7) is 17.7. The Hall–Kier alpha value is -4.89. The molecule has 240 valence electrons. The lowest BCUT2D eigenvalue weighted by Crippen LogP contribution is -2.10. The first-order valence-corrected chi connectivity index (χ1v) is 17.4. The molecule has 0 saturated heterocycles. The van der Waals surface area contributed by atoms with Crippen LogP contribution in [0, 0.1) is 0 Å². The van der Waals surface area contributed by atoms with Crippen LogP contribution in [0.4, 0.5) is 0 Å². The minimum Gasteiger partial charge on any atom is -0.455 e. The van der Waals surface area contributed by atoms with E-state index in [9.17, 15) is 1.37 Å². The highest BCUT2D eigenvalue weighted by molar-refractivity contribution is 6.18. The maximum absolute atomic E-state index is 9.22. The summed E-state index contributed by atoms with van der Waals surface area (Å²) in [5.74, 6) is 1.05. The van der Waals surface area contributed by atoms with Gasteiger partial charge < -0.3 is 4.42 Å². The van der Waals surface area contributed by atoms with Crippen LogP contribution in [0.1, 0.15) is 103 Å². The zero-order chi connectivity index (χ0) is 34.4. The van der Waals surface area contributed by atoms with Crippen molar-refractivity contribution in [3.05, 3.63) is 119 Å². The number of furan rings is 1. The van der Waals surface area contributed by atoms with E-state index in [1.54, 1.807) is 0 Å². The van der Waals surface area contributed by atoms with E-state index in [-0.39, 0.29) is 0 Å². The summed E-state index contributed by atoms with van der Waals surface area (Å²) in [5.41, 5.74) is 10.7.